The van der Waals surface area contributed by atoms with Gasteiger partial charge in [0.05, 0.1) is 9.80 Å². The summed E-state index contributed by atoms with van der Waals surface area (Å²) in [6, 6.07) is 1.17. The fourth-order valence-corrected chi connectivity index (χ4v) is 3.07. The molecular weight excluding hydrogens is 309 g/mol. The minimum Gasteiger partial charge on any atom is -0.354 e. The SMILES string of the molecule is CC(=O)c1cc([N+](=O)[O-])c(N2CC=C(C(F)(F)F)CC2)s1. The molecule has 0 atom stereocenters. The molecule has 1 aromatic heterocycles. The highest BCUT2D eigenvalue weighted by molar-refractivity contribution is 7.18. The van der Waals surface area contributed by atoms with Crippen LogP contribution < -0.4 is 4.90 Å². The smallest absolute Gasteiger partial charge is 0.354 e. The predicted octanol–water partition coefficient (Wildman–Crippen LogP) is 3.56. The van der Waals surface area contributed by atoms with Crippen LogP contribution in [0.3, 0.4) is 0 Å². The predicted molar refractivity (Wildman–Crippen MR) is 71.9 cm³/mol. The molecule has 9 heteroatoms. The van der Waals surface area contributed by atoms with Crippen molar-refractivity contribution >= 4 is 27.8 Å². The summed E-state index contributed by atoms with van der Waals surface area (Å²) in [5.41, 5.74) is -0.862. The highest BCUT2D eigenvalue weighted by Gasteiger charge is 2.36. The van der Waals surface area contributed by atoms with Gasteiger partial charge in [0.25, 0.3) is 0 Å². The second-order valence-electron chi connectivity index (χ2n) is 4.54. The summed E-state index contributed by atoms with van der Waals surface area (Å²) in [4.78, 5) is 23.4. The Morgan fingerprint density at radius 2 is 2.14 bits per heavy atom. The first-order valence-electron chi connectivity index (χ1n) is 6.00. The van der Waals surface area contributed by atoms with E-state index < -0.39 is 16.7 Å². The Morgan fingerprint density at radius 3 is 2.57 bits per heavy atom. The number of rotatable bonds is 3. The Hall–Kier alpha value is -1.90. The number of nitro groups is 1. The average molecular weight is 320 g/mol. The number of halogens is 3. The van der Waals surface area contributed by atoms with E-state index in [0.717, 1.165) is 17.4 Å². The lowest BCUT2D eigenvalue weighted by Crippen LogP contribution is -2.31. The maximum atomic E-state index is 12.6. The molecule has 21 heavy (non-hydrogen) atoms. The van der Waals surface area contributed by atoms with Crippen molar-refractivity contribution in [3.8, 4) is 0 Å². The normalized spacial score (nSPS) is 15.8. The van der Waals surface area contributed by atoms with Crippen LogP contribution in [0.25, 0.3) is 0 Å². The van der Waals surface area contributed by atoms with E-state index in [1.165, 1.54) is 17.9 Å². The number of thiophene rings is 1. The first-order chi connectivity index (χ1) is 9.70. The Kier molecular flexibility index (Phi) is 4.04. The molecule has 0 saturated heterocycles. The van der Waals surface area contributed by atoms with Gasteiger partial charge < -0.3 is 4.90 Å². The first kappa shape index (κ1) is 15.5. The summed E-state index contributed by atoms with van der Waals surface area (Å²) in [5, 5.41) is 11.2. The van der Waals surface area contributed by atoms with Crippen molar-refractivity contribution < 1.29 is 22.9 Å². The van der Waals surface area contributed by atoms with Gasteiger partial charge in [0.15, 0.2) is 10.8 Å². The summed E-state index contributed by atoms with van der Waals surface area (Å²) < 4.78 is 37.7. The lowest BCUT2D eigenvalue weighted by atomic mass is 10.1. The molecule has 0 saturated carbocycles. The highest BCUT2D eigenvalue weighted by atomic mass is 32.1. The van der Waals surface area contributed by atoms with E-state index >= 15 is 0 Å². The second-order valence-corrected chi connectivity index (χ2v) is 5.57. The summed E-state index contributed by atoms with van der Waals surface area (Å²) in [6.07, 6.45) is -3.56. The molecule has 5 nitrogen and oxygen atoms in total. The van der Waals surface area contributed by atoms with Crippen molar-refractivity contribution in [1.29, 1.82) is 0 Å². The summed E-state index contributed by atoms with van der Waals surface area (Å²) in [5.74, 6) is -0.308. The summed E-state index contributed by atoms with van der Waals surface area (Å²) in [7, 11) is 0. The van der Waals surface area contributed by atoms with Crippen LogP contribution in [-0.2, 0) is 0 Å². The third-order valence-corrected chi connectivity index (χ3v) is 4.38. The molecule has 0 aliphatic carbocycles. The monoisotopic (exact) mass is 320 g/mol. The molecule has 2 rings (SSSR count). The number of carbonyl (C=O) groups excluding carboxylic acids is 1. The summed E-state index contributed by atoms with van der Waals surface area (Å²) in [6.45, 7) is 1.26. The van der Waals surface area contributed by atoms with Gasteiger partial charge in [0.2, 0.25) is 0 Å². The number of nitrogens with zero attached hydrogens (tertiary/aromatic N) is 2. The molecule has 0 bridgehead atoms. The van der Waals surface area contributed by atoms with Crippen molar-refractivity contribution in [2.75, 3.05) is 18.0 Å². The summed E-state index contributed by atoms with van der Waals surface area (Å²) >= 11 is 0.935. The molecule has 0 aromatic carbocycles. The maximum Gasteiger partial charge on any atom is 0.412 e. The molecular formula is C12H11F3N2O3S. The fraction of sp³-hybridized carbons (Fsp3) is 0.417. The van der Waals surface area contributed by atoms with E-state index in [4.69, 9.17) is 0 Å². The van der Waals surface area contributed by atoms with Gasteiger partial charge in [-0.2, -0.15) is 13.2 Å². The van der Waals surface area contributed by atoms with E-state index in [1.807, 2.05) is 0 Å². The number of Topliss-reactive ketones (excluding diaryl/α,β-unsaturated/α-hetero) is 1. The molecule has 0 unspecified atom stereocenters. The van der Waals surface area contributed by atoms with Gasteiger partial charge in [0, 0.05) is 24.7 Å². The lowest BCUT2D eigenvalue weighted by molar-refractivity contribution is -0.383. The van der Waals surface area contributed by atoms with Gasteiger partial charge >= 0.3 is 11.9 Å². The number of carbonyl (C=O) groups is 1. The standard InChI is InChI=1S/C12H11F3N2O3S/c1-7(18)10-6-9(17(19)20)11(21-10)16-4-2-8(3-5-16)12(13,14)15/h2,6H,3-5H2,1H3. The zero-order valence-electron chi connectivity index (χ0n) is 10.9. The third kappa shape index (κ3) is 3.23. The topological polar surface area (TPSA) is 63.4 Å². The minimum atomic E-state index is -4.36. The number of hydrogen-bond donors (Lipinski definition) is 0. The Morgan fingerprint density at radius 1 is 1.48 bits per heavy atom. The van der Waals surface area contributed by atoms with Gasteiger partial charge in [0.1, 0.15) is 0 Å². The molecule has 1 aromatic rings. The van der Waals surface area contributed by atoms with Crippen LogP contribution in [0.2, 0.25) is 0 Å². The third-order valence-electron chi connectivity index (χ3n) is 3.10. The van der Waals surface area contributed by atoms with Crippen LogP contribution in [0.1, 0.15) is 23.0 Å². The van der Waals surface area contributed by atoms with Gasteiger partial charge in [-0.05, 0) is 13.3 Å². The van der Waals surface area contributed by atoms with Gasteiger partial charge in [-0.3, -0.25) is 14.9 Å². The molecule has 0 spiro atoms. The van der Waals surface area contributed by atoms with Crippen LogP contribution in [0, 0.1) is 10.1 Å². The Bertz CT molecular complexity index is 622. The van der Waals surface area contributed by atoms with Crippen LogP contribution >= 0.6 is 11.3 Å². The van der Waals surface area contributed by atoms with E-state index in [9.17, 15) is 28.1 Å². The molecule has 2 heterocycles. The fourth-order valence-electron chi connectivity index (χ4n) is 2.01. The van der Waals surface area contributed by atoms with Crippen molar-refractivity contribution in [1.82, 2.24) is 0 Å². The molecule has 1 aliphatic rings. The largest absolute Gasteiger partial charge is 0.412 e. The first-order valence-corrected chi connectivity index (χ1v) is 6.82. The zero-order valence-corrected chi connectivity index (χ0v) is 11.8. The van der Waals surface area contributed by atoms with Crippen molar-refractivity contribution in [2.24, 2.45) is 0 Å². The average Bonchev–Trinajstić information content (AvgIpc) is 2.83. The lowest BCUT2D eigenvalue weighted by Gasteiger charge is -2.27. The molecule has 0 radical (unpaired) electrons. The highest BCUT2D eigenvalue weighted by Crippen LogP contribution is 2.40. The molecule has 114 valence electrons. The number of hydrogen-bond acceptors (Lipinski definition) is 5. The molecule has 0 fully saturated rings. The zero-order chi connectivity index (χ0) is 15.8. The van der Waals surface area contributed by atoms with Crippen LogP contribution in [0.15, 0.2) is 17.7 Å². The van der Waals surface area contributed by atoms with Gasteiger partial charge in [-0.15, -0.1) is 11.3 Å². The van der Waals surface area contributed by atoms with E-state index in [2.05, 4.69) is 0 Å². The quantitative estimate of drug-likeness (QED) is 0.370. The maximum absolute atomic E-state index is 12.6. The van der Waals surface area contributed by atoms with Crippen molar-refractivity contribution in [3.05, 3.63) is 32.7 Å². The van der Waals surface area contributed by atoms with E-state index in [1.54, 1.807) is 0 Å². The van der Waals surface area contributed by atoms with E-state index in [0.29, 0.717) is 0 Å². The molecule has 0 N–H and O–H groups in total. The minimum absolute atomic E-state index is 0.0318. The van der Waals surface area contributed by atoms with Crippen LogP contribution in [0.4, 0.5) is 23.9 Å². The number of ketones is 1. The second kappa shape index (κ2) is 5.47. The Balaban J connectivity index is 2.30. The van der Waals surface area contributed by atoms with Gasteiger partial charge in [-0.1, -0.05) is 6.08 Å². The van der Waals surface area contributed by atoms with Crippen molar-refractivity contribution in [3.63, 3.8) is 0 Å². The van der Waals surface area contributed by atoms with Crippen molar-refractivity contribution in [2.45, 2.75) is 19.5 Å². The van der Waals surface area contributed by atoms with E-state index in [-0.39, 0.29) is 40.9 Å². The number of alkyl halides is 3. The molecule has 1 aliphatic heterocycles. The number of anilines is 1. The Labute approximate surface area is 121 Å². The van der Waals surface area contributed by atoms with Crippen LogP contribution in [-0.4, -0.2) is 30.0 Å². The molecule has 0 amide bonds. The van der Waals surface area contributed by atoms with Crippen LogP contribution in [0.5, 0.6) is 0 Å². The van der Waals surface area contributed by atoms with Gasteiger partial charge in [-0.25, -0.2) is 0 Å².